The summed E-state index contributed by atoms with van der Waals surface area (Å²) < 4.78 is 39.3. The fourth-order valence-electron chi connectivity index (χ4n) is 0. The molecule has 0 saturated carbocycles. The van der Waals surface area contributed by atoms with E-state index in [1.54, 1.807) is 0 Å². The summed E-state index contributed by atoms with van der Waals surface area (Å²) in [6, 6.07) is 0. The summed E-state index contributed by atoms with van der Waals surface area (Å²) in [5.74, 6) is 0. The maximum Gasteiger partial charge on any atom is 0 e. The largest absolute Gasteiger partial charge is 0 e. The summed E-state index contributed by atoms with van der Waals surface area (Å²) in [5, 5.41) is 0. The van der Waals surface area contributed by atoms with E-state index in [-0.39, 0.29) is 16.5 Å². The molecule has 0 aliphatic heterocycles. The van der Waals surface area contributed by atoms with Crippen LogP contribution in [0.25, 0.3) is 0 Å². The molecule has 0 spiro atoms. The van der Waals surface area contributed by atoms with Gasteiger partial charge in [-0.05, 0) is 0 Å². The van der Waals surface area contributed by atoms with Gasteiger partial charge in [0.05, 0.1) is 0 Å². The van der Waals surface area contributed by atoms with Gasteiger partial charge in [0.1, 0.15) is 0 Å². The molecule has 0 unspecified atom stereocenters. The van der Waals surface area contributed by atoms with Gasteiger partial charge in [-0.2, -0.15) is 0 Å². The summed E-state index contributed by atoms with van der Waals surface area (Å²) in [6.45, 7) is 0. The Bertz CT molecular complexity index is 23.0. The molecule has 0 aliphatic carbocycles. The third-order valence-electron chi connectivity index (χ3n) is 0. The molecule has 0 rings (SSSR count). The van der Waals surface area contributed by atoms with Gasteiger partial charge < -0.3 is 0 Å². The van der Waals surface area contributed by atoms with E-state index in [1.165, 1.54) is 0 Å². The van der Waals surface area contributed by atoms with E-state index in [4.69, 9.17) is 0 Å². The van der Waals surface area contributed by atoms with E-state index in [0.29, 0.717) is 0 Å². The molecule has 44 valence electrons. The number of halogens is 4. The van der Waals surface area contributed by atoms with Crippen molar-refractivity contribution in [2.45, 2.75) is 0 Å². The monoisotopic (exact) mass is 166 g/mol. The zero-order valence-electron chi connectivity index (χ0n) is 2.33. The molecule has 0 amide bonds. The van der Waals surface area contributed by atoms with Gasteiger partial charge in [-0.25, -0.2) is 0 Å². The zero-order chi connectivity index (χ0) is 4.50. The molecule has 0 aliphatic rings. The second kappa shape index (κ2) is 2.76. The SMILES string of the molecule is F[PH](F)(F)F.[Ni]. The molecule has 0 aromatic rings. The van der Waals surface area contributed by atoms with Crippen LogP contribution in [0.2, 0.25) is 0 Å². The van der Waals surface area contributed by atoms with E-state index >= 15 is 0 Å². The summed E-state index contributed by atoms with van der Waals surface area (Å²) in [6.07, 6.45) is 0. The minimum absolute atomic E-state index is 0. The molecule has 0 bridgehead atoms. The molecule has 0 saturated heterocycles. The van der Waals surface area contributed by atoms with Crippen molar-refractivity contribution < 1.29 is 33.3 Å². The van der Waals surface area contributed by atoms with Crippen LogP contribution in [-0.2, 0) is 16.5 Å². The smallest absolute Gasteiger partial charge is 0 e. The normalized spacial score (nSPS) is 12.7. The van der Waals surface area contributed by atoms with Crippen LogP contribution in [0, 0.1) is 0 Å². The Morgan fingerprint density at radius 1 is 0.833 bits per heavy atom. The van der Waals surface area contributed by atoms with Crippen molar-refractivity contribution in [3.8, 4) is 0 Å². The van der Waals surface area contributed by atoms with Crippen LogP contribution < -0.4 is 0 Å². The van der Waals surface area contributed by atoms with Gasteiger partial charge in [0, 0.05) is 16.5 Å². The van der Waals surface area contributed by atoms with Crippen LogP contribution in [0.4, 0.5) is 16.8 Å². The van der Waals surface area contributed by atoms with Crippen LogP contribution >= 0.6 is 8.51 Å². The van der Waals surface area contributed by atoms with E-state index in [2.05, 4.69) is 0 Å². The second-order valence-corrected chi connectivity index (χ2v) is 1.29. The Morgan fingerprint density at radius 2 is 0.833 bits per heavy atom. The number of hydrogen-bond donors (Lipinski definition) is 0. The van der Waals surface area contributed by atoms with Crippen LogP contribution in [0.3, 0.4) is 0 Å². The van der Waals surface area contributed by atoms with Gasteiger partial charge in [0.15, 0.2) is 0 Å². The molecular formula is HF4NiP. The number of hydrogen-bond acceptors (Lipinski definition) is 0. The average molecular weight is 167 g/mol. The average Bonchev–Trinajstić information content (AvgIpc) is 0.722. The van der Waals surface area contributed by atoms with Gasteiger partial charge in [0.25, 0.3) is 0 Å². The van der Waals surface area contributed by atoms with Gasteiger partial charge in [-0.1, -0.05) is 0 Å². The Kier molecular flexibility index (Phi) is 4.51. The number of rotatable bonds is 0. The van der Waals surface area contributed by atoms with Crippen LogP contribution in [0.5, 0.6) is 0 Å². The third-order valence-corrected chi connectivity index (χ3v) is 0. The molecule has 0 nitrogen and oxygen atoms in total. The first kappa shape index (κ1) is 9.81. The van der Waals surface area contributed by atoms with Crippen molar-refractivity contribution >= 4 is 8.51 Å². The molecular weight excluding hydrogens is 166 g/mol. The minimum atomic E-state index is -6.61. The predicted octanol–water partition coefficient (Wildman–Crippen LogP) is 2.27. The molecule has 0 aromatic heterocycles. The Labute approximate surface area is 42.7 Å². The van der Waals surface area contributed by atoms with E-state index in [1.807, 2.05) is 0 Å². The Hall–Kier alpha value is 0.644. The summed E-state index contributed by atoms with van der Waals surface area (Å²) in [7, 11) is -6.61. The molecule has 6 heteroatoms. The molecule has 0 heterocycles. The van der Waals surface area contributed by atoms with Crippen molar-refractivity contribution in [1.82, 2.24) is 0 Å². The summed E-state index contributed by atoms with van der Waals surface area (Å²) >= 11 is 0. The summed E-state index contributed by atoms with van der Waals surface area (Å²) in [5.41, 5.74) is 0. The third kappa shape index (κ3) is 149. The Balaban J connectivity index is 0. The molecule has 6 heavy (non-hydrogen) atoms. The summed E-state index contributed by atoms with van der Waals surface area (Å²) in [4.78, 5) is 0. The van der Waals surface area contributed by atoms with Gasteiger partial charge >= 0.3 is 25.3 Å². The predicted molar refractivity (Wildman–Crippen MR) is 12.7 cm³/mol. The van der Waals surface area contributed by atoms with Gasteiger partial charge in [-0.3, -0.25) is 0 Å². The van der Waals surface area contributed by atoms with Crippen molar-refractivity contribution in [1.29, 1.82) is 0 Å². The van der Waals surface area contributed by atoms with Gasteiger partial charge in [-0.15, -0.1) is 0 Å². The molecule has 0 fully saturated rings. The first-order chi connectivity index (χ1) is 2.00. The van der Waals surface area contributed by atoms with Crippen molar-refractivity contribution in [2.75, 3.05) is 0 Å². The van der Waals surface area contributed by atoms with Crippen LogP contribution in [0.15, 0.2) is 0 Å². The van der Waals surface area contributed by atoms with Crippen LogP contribution in [0.1, 0.15) is 0 Å². The molecule has 0 radical (unpaired) electrons. The second-order valence-electron chi connectivity index (χ2n) is 0.429. The van der Waals surface area contributed by atoms with E-state index in [0.717, 1.165) is 0 Å². The van der Waals surface area contributed by atoms with E-state index < -0.39 is 8.51 Å². The van der Waals surface area contributed by atoms with E-state index in [9.17, 15) is 16.8 Å². The van der Waals surface area contributed by atoms with Crippen molar-refractivity contribution in [3.63, 3.8) is 0 Å². The molecule has 0 atom stereocenters. The Morgan fingerprint density at radius 3 is 0.833 bits per heavy atom. The van der Waals surface area contributed by atoms with Gasteiger partial charge in [0.2, 0.25) is 0 Å². The first-order valence-electron chi connectivity index (χ1n) is 0.756. The molecule has 0 N–H and O–H groups in total. The fourth-order valence-corrected chi connectivity index (χ4v) is 0. The standard InChI is InChI=1S/F4HP.Ni/c1-5(2,3)4;/h5H;. The van der Waals surface area contributed by atoms with Crippen molar-refractivity contribution in [2.24, 2.45) is 0 Å². The maximum atomic E-state index is 9.83. The quantitative estimate of drug-likeness (QED) is 0.294. The fraction of sp³-hybridized carbons (Fsp3) is 0. The maximum absolute atomic E-state index is 9.83. The first-order valence-corrected chi connectivity index (χ1v) is 2.27. The molecule has 0 aromatic carbocycles. The van der Waals surface area contributed by atoms with Crippen LogP contribution in [-0.4, -0.2) is 0 Å². The topological polar surface area (TPSA) is 0 Å². The zero-order valence-corrected chi connectivity index (χ0v) is 4.32. The minimum Gasteiger partial charge on any atom is 0 e. The van der Waals surface area contributed by atoms with Crippen molar-refractivity contribution in [3.05, 3.63) is 0 Å².